The molecular formula is C28H35FN4O3. The smallest absolute Gasteiger partial charge is 0.233 e. The number of nitrogens with one attached hydrogen (secondary N) is 1. The van der Waals surface area contributed by atoms with Crippen LogP contribution < -0.4 is 11.1 Å². The Bertz CT molecular complexity index is 1160. The lowest BCUT2D eigenvalue weighted by atomic mass is 9.78. The minimum atomic E-state index is -1.61. The van der Waals surface area contributed by atoms with Gasteiger partial charge in [0.25, 0.3) is 0 Å². The van der Waals surface area contributed by atoms with Crippen LogP contribution in [0.1, 0.15) is 67.1 Å². The van der Waals surface area contributed by atoms with Gasteiger partial charge in [-0.3, -0.25) is 4.79 Å². The standard InChI is InChI=1S/C28H35FN4O3/c1-17-5-4-6-19(13-17)23(16-34)33-27(35)28(2)12-11-20(14-24(28)29)25-26(30)31-15-22(32-25)18-7-9-21(36-3)10-8-18/h4-6,11-15,18,21,23-24,34H,7-10,16H2,1-3H3,(H2,30,31)(H,33,35)/t18?,21?,23-,24?,28-/m1/s1. The molecule has 1 unspecified atom stereocenters. The number of halogens is 1. The lowest BCUT2D eigenvalue weighted by Gasteiger charge is -2.32. The van der Waals surface area contributed by atoms with Crippen molar-refractivity contribution in [1.29, 1.82) is 0 Å². The Morgan fingerprint density at radius 1 is 1.33 bits per heavy atom. The number of hydrogen-bond acceptors (Lipinski definition) is 6. The molecule has 192 valence electrons. The molecule has 4 N–H and O–H groups in total. The van der Waals surface area contributed by atoms with E-state index in [1.165, 1.54) is 6.08 Å². The Morgan fingerprint density at radius 2 is 2.08 bits per heavy atom. The molecule has 0 radical (unpaired) electrons. The van der Waals surface area contributed by atoms with Crippen LogP contribution in [0.3, 0.4) is 0 Å². The van der Waals surface area contributed by atoms with Crippen molar-refractivity contribution in [3.8, 4) is 0 Å². The van der Waals surface area contributed by atoms with Gasteiger partial charge in [0.05, 0.1) is 36.1 Å². The number of carbonyl (C=O) groups excluding carboxylic acids is 1. The molecule has 2 aliphatic rings. The second kappa shape index (κ2) is 10.9. The Kier molecular flexibility index (Phi) is 7.85. The van der Waals surface area contributed by atoms with Crippen LogP contribution in [0, 0.1) is 12.3 Å². The summed E-state index contributed by atoms with van der Waals surface area (Å²) in [5.41, 5.74) is 8.22. The fourth-order valence-corrected chi connectivity index (χ4v) is 4.95. The van der Waals surface area contributed by atoms with Crippen LogP contribution in [0.5, 0.6) is 0 Å². The molecule has 0 saturated heterocycles. The number of aliphatic hydroxyl groups excluding tert-OH is 1. The number of aromatic nitrogens is 2. The van der Waals surface area contributed by atoms with Crippen LogP contribution in [0.2, 0.25) is 0 Å². The topological polar surface area (TPSA) is 110 Å². The van der Waals surface area contributed by atoms with Crippen LogP contribution in [0.25, 0.3) is 5.57 Å². The third kappa shape index (κ3) is 5.34. The molecule has 3 atom stereocenters. The van der Waals surface area contributed by atoms with Gasteiger partial charge in [-0.2, -0.15) is 0 Å². The van der Waals surface area contributed by atoms with Crippen molar-refractivity contribution >= 4 is 17.3 Å². The predicted molar refractivity (Wildman–Crippen MR) is 138 cm³/mol. The highest BCUT2D eigenvalue weighted by atomic mass is 19.1. The summed E-state index contributed by atoms with van der Waals surface area (Å²) in [6.45, 7) is 3.18. The van der Waals surface area contributed by atoms with E-state index < -0.39 is 23.5 Å². The molecule has 4 rings (SSSR count). The lowest BCUT2D eigenvalue weighted by Crippen LogP contribution is -2.46. The van der Waals surface area contributed by atoms with E-state index in [1.54, 1.807) is 32.4 Å². The zero-order chi connectivity index (χ0) is 25.9. The molecule has 8 heteroatoms. The second-order valence-corrected chi connectivity index (χ2v) is 10.0. The Hall–Kier alpha value is -3.10. The van der Waals surface area contributed by atoms with Crippen LogP contribution >= 0.6 is 0 Å². The SMILES string of the molecule is COC1CCC(c2cnc(N)c(C3=CC(F)[C@](C)(C(=O)N[C@H](CO)c4cccc(C)c4)C=C3)n2)CC1. The van der Waals surface area contributed by atoms with Gasteiger partial charge < -0.3 is 20.9 Å². The largest absolute Gasteiger partial charge is 0.394 e. The van der Waals surface area contributed by atoms with Gasteiger partial charge in [0.1, 0.15) is 17.7 Å². The molecule has 0 bridgehead atoms. The number of nitrogen functional groups attached to an aromatic ring is 1. The number of benzene rings is 1. The van der Waals surface area contributed by atoms with E-state index in [2.05, 4.69) is 10.3 Å². The number of amides is 1. The predicted octanol–water partition coefficient (Wildman–Crippen LogP) is 4.19. The summed E-state index contributed by atoms with van der Waals surface area (Å²) in [7, 11) is 1.74. The van der Waals surface area contributed by atoms with Gasteiger partial charge >= 0.3 is 0 Å². The van der Waals surface area contributed by atoms with Gasteiger partial charge in [-0.05, 0) is 51.2 Å². The van der Waals surface area contributed by atoms with Gasteiger partial charge in [0.2, 0.25) is 5.91 Å². The average Bonchev–Trinajstić information content (AvgIpc) is 2.89. The highest BCUT2D eigenvalue weighted by Gasteiger charge is 2.42. The van der Waals surface area contributed by atoms with E-state index in [0.717, 1.165) is 42.5 Å². The molecule has 0 spiro atoms. The molecular weight excluding hydrogens is 459 g/mol. The Labute approximate surface area is 211 Å². The average molecular weight is 495 g/mol. The second-order valence-electron chi connectivity index (χ2n) is 10.0. The van der Waals surface area contributed by atoms with E-state index in [9.17, 15) is 9.90 Å². The molecule has 2 aliphatic carbocycles. The minimum absolute atomic E-state index is 0.222. The van der Waals surface area contributed by atoms with E-state index in [1.807, 2.05) is 31.2 Å². The molecule has 2 aromatic rings. The fourth-order valence-electron chi connectivity index (χ4n) is 4.95. The number of anilines is 1. The number of allylic oxidation sites excluding steroid dienone is 3. The number of hydrogen-bond donors (Lipinski definition) is 3. The van der Waals surface area contributed by atoms with E-state index >= 15 is 4.39 Å². The maximum atomic E-state index is 15.6. The van der Waals surface area contributed by atoms with Crippen LogP contribution in [0.4, 0.5) is 10.2 Å². The molecule has 1 aromatic carbocycles. The summed E-state index contributed by atoms with van der Waals surface area (Å²) in [6, 6.07) is 6.88. The quantitative estimate of drug-likeness (QED) is 0.532. The number of rotatable bonds is 7. The van der Waals surface area contributed by atoms with Crippen molar-refractivity contribution in [2.45, 2.75) is 63.8 Å². The Balaban J connectivity index is 1.51. The fraction of sp³-hybridized carbons (Fsp3) is 0.464. The first-order chi connectivity index (χ1) is 17.2. The summed E-state index contributed by atoms with van der Waals surface area (Å²) in [5.74, 6) is -0.0317. The van der Waals surface area contributed by atoms with E-state index in [0.29, 0.717) is 11.3 Å². The van der Waals surface area contributed by atoms with Gasteiger partial charge in [0.15, 0.2) is 0 Å². The summed E-state index contributed by atoms with van der Waals surface area (Å²) >= 11 is 0. The van der Waals surface area contributed by atoms with Crippen molar-refractivity contribution in [2.24, 2.45) is 5.41 Å². The van der Waals surface area contributed by atoms with Gasteiger partial charge in [-0.15, -0.1) is 0 Å². The highest BCUT2D eigenvalue weighted by molar-refractivity contribution is 5.89. The van der Waals surface area contributed by atoms with Crippen LogP contribution in [-0.2, 0) is 9.53 Å². The van der Waals surface area contributed by atoms with Gasteiger partial charge in [-0.1, -0.05) is 42.0 Å². The monoisotopic (exact) mass is 494 g/mol. The van der Waals surface area contributed by atoms with Crippen LogP contribution in [0.15, 0.2) is 48.7 Å². The van der Waals surface area contributed by atoms with Crippen molar-refractivity contribution < 1.29 is 19.0 Å². The molecule has 1 heterocycles. The molecule has 7 nitrogen and oxygen atoms in total. The number of aryl methyl sites for hydroxylation is 1. The van der Waals surface area contributed by atoms with Crippen molar-refractivity contribution in [3.63, 3.8) is 0 Å². The summed E-state index contributed by atoms with van der Waals surface area (Å²) in [4.78, 5) is 22.3. The zero-order valence-corrected chi connectivity index (χ0v) is 21.1. The summed E-state index contributed by atoms with van der Waals surface area (Å²) in [6.07, 6.45) is 8.79. The maximum absolute atomic E-state index is 15.6. The molecule has 1 saturated carbocycles. The lowest BCUT2D eigenvalue weighted by molar-refractivity contribution is -0.131. The van der Waals surface area contributed by atoms with E-state index in [-0.39, 0.29) is 24.4 Å². The van der Waals surface area contributed by atoms with Gasteiger partial charge in [0, 0.05) is 18.6 Å². The number of alkyl halides is 1. The van der Waals surface area contributed by atoms with Crippen molar-refractivity contribution in [1.82, 2.24) is 15.3 Å². The number of ether oxygens (including phenoxy) is 1. The van der Waals surface area contributed by atoms with Crippen LogP contribution in [-0.4, -0.2) is 47.0 Å². The minimum Gasteiger partial charge on any atom is -0.394 e. The van der Waals surface area contributed by atoms with Crippen molar-refractivity contribution in [2.75, 3.05) is 19.5 Å². The molecule has 1 aromatic heterocycles. The summed E-state index contributed by atoms with van der Waals surface area (Å²) in [5, 5.41) is 12.7. The maximum Gasteiger partial charge on any atom is 0.233 e. The third-order valence-electron chi connectivity index (χ3n) is 7.45. The molecule has 36 heavy (non-hydrogen) atoms. The molecule has 0 aliphatic heterocycles. The third-order valence-corrected chi connectivity index (χ3v) is 7.45. The normalized spacial score (nSPS) is 26.8. The number of carbonyl (C=O) groups is 1. The van der Waals surface area contributed by atoms with E-state index in [4.69, 9.17) is 15.5 Å². The number of nitrogens with zero attached hydrogens (tertiary/aromatic N) is 2. The molecule has 1 fully saturated rings. The number of nitrogens with two attached hydrogens (primary N) is 1. The number of methoxy groups -OCH3 is 1. The van der Waals surface area contributed by atoms with Crippen molar-refractivity contribution in [3.05, 3.63) is 71.2 Å². The first-order valence-corrected chi connectivity index (χ1v) is 12.4. The first kappa shape index (κ1) is 26.0. The highest BCUT2D eigenvalue weighted by Crippen LogP contribution is 2.38. The number of aliphatic hydroxyl groups is 1. The van der Waals surface area contributed by atoms with Gasteiger partial charge in [-0.25, -0.2) is 14.4 Å². The molecule has 1 amide bonds. The Morgan fingerprint density at radius 3 is 2.72 bits per heavy atom. The first-order valence-electron chi connectivity index (χ1n) is 12.4. The zero-order valence-electron chi connectivity index (χ0n) is 21.1. The summed E-state index contributed by atoms with van der Waals surface area (Å²) < 4.78 is 21.0.